The molecule has 0 aliphatic rings. The van der Waals surface area contributed by atoms with Gasteiger partial charge in [-0.3, -0.25) is 0 Å². The first kappa shape index (κ1) is 13.7. The highest BCUT2D eigenvalue weighted by Gasteiger charge is 2.22. The topological polar surface area (TPSA) is 26.0 Å². The fourth-order valence-electron chi connectivity index (χ4n) is 0.830. The van der Waals surface area contributed by atoms with Gasteiger partial charge in [0, 0.05) is 12.1 Å². The Morgan fingerprint density at radius 1 is 0.929 bits per heavy atom. The molecule has 14 heavy (non-hydrogen) atoms. The number of hydrogen-bond acceptors (Lipinski definition) is 1. The van der Waals surface area contributed by atoms with Crippen molar-refractivity contribution in [2.24, 2.45) is 5.73 Å². The Balaban J connectivity index is 0.00000169. The molecule has 1 aromatic rings. The normalized spacial score (nSPS) is 9.86. The van der Waals surface area contributed by atoms with E-state index >= 15 is 0 Å². The number of nitrogens with two attached hydrogens (primary N) is 1. The quantitative estimate of drug-likeness (QED) is 0.481. The van der Waals surface area contributed by atoms with Crippen LogP contribution >= 0.6 is 28.3 Å². The maximum absolute atomic E-state index is 12.8. The Bertz CT molecular complexity index is 329. The molecule has 0 unspecified atom stereocenters. The molecule has 0 saturated carbocycles. The van der Waals surface area contributed by atoms with Gasteiger partial charge in [-0.2, -0.15) is 0 Å². The molecule has 0 aliphatic carbocycles. The van der Waals surface area contributed by atoms with Gasteiger partial charge in [-0.05, 0) is 15.9 Å². The fraction of sp³-hybridized carbons (Fsp3) is 0.143. The van der Waals surface area contributed by atoms with Crippen LogP contribution in [0, 0.1) is 23.3 Å². The van der Waals surface area contributed by atoms with E-state index in [1.165, 1.54) is 0 Å². The van der Waals surface area contributed by atoms with E-state index in [9.17, 15) is 17.6 Å². The van der Waals surface area contributed by atoms with Crippen LogP contribution in [0.4, 0.5) is 17.6 Å². The standard InChI is InChI=1S/C7H4BrF4N.ClH/c8-3-6(11)4(9)2(1-13)5(10)7(3)12;/h1,13H2;1H. The van der Waals surface area contributed by atoms with Crippen molar-refractivity contribution in [1.29, 1.82) is 0 Å². The summed E-state index contributed by atoms with van der Waals surface area (Å²) < 4.78 is 50.2. The molecule has 1 aromatic carbocycles. The van der Waals surface area contributed by atoms with E-state index in [0.717, 1.165) is 0 Å². The molecule has 1 rings (SSSR count). The van der Waals surface area contributed by atoms with E-state index in [1.807, 2.05) is 0 Å². The van der Waals surface area contributed by atoms with Crippen molar-refractivity contribution < 1.29 is 17.6 Å². The summed E-state index contributed by atoms with van der Waals surface area (Å²) in [6.45, 7) is -0.598. The summed E-state index contributed by atoms with van der Waals surface area (Å²) in [7, 11) is 0. The molecule has 7 heteroatoms. The Kier molecular flexibility index (Phi) is 4.83. The molecule has 1 nitrogen and oxygen atoms in total. The van der Waals surface area contributed by atoms with Crippen molar-refractivity contribution >= 4 is 28.3 Å². The molecule has 2 N–H and O–H groups in total. The molecule has 0 fully saturated rings. The molecular formula is C7H5BrClF4N. The van der Waals surface area contributed by atoms with Crippen LogP contribution in [-0.4, -0.2) is 0 Å². The van der Waals surface area contributed by atoms with Gasteiger partial charge in [0.1, 0.15) is 0 Å². The zero-order chi connectivity index (χ0) is 10.2. The van der Waals surface area contributed by atoms with Gasteiger partial charge in [0.05, 0.1) is 4.47 Å². The minimum absolute atomic E-state index is 0. The first-order valence-corrected chi connectivity index (χ1v) is 4.00. The summed E-state index contributed by atoms with van der Waals surface area (Å²) in [4.78, 5) is 0. The molecule has 0 amide bonds. The average molecular weight is 294 g/mol. The molecule has 0 aromatic heterocycles. The maximum Gasteiger partial charge on any atom is 0.176 e. The average Bonchev–Trinajstić information content (AvgIpc) is 2.13. The Hall–Kier alpha value is -0.330. The predicted molar refractivity (Wildman–Crippen MR) is 49.1 cm³/mol. The second-order valence-corrected chi connectivity index (χ2v) is 3.05. The molecule has 0 radical (unpaired) electrons. The third-order valence-electron chi connectivity index (χ3n) is 1.50. The van der Waals surface area contributed by atoms with Crippen LogP contribution in [0.3, 0.4) is 0 Å². The van der Waals surface area contributed by atoms with Crippen LogP contribution in [0.25, 0.3) is 0 Å². The lowest BCUT2D eigenvalue weighted by Gasteiger charge is -2.05. The molecular weight excluding hydrogens is 289 g/mol. The van der Waals surface area contributed by atoms with E-state index in [-0.39, 0.29) is 12.4 Å². The van der Waals surface area contributed by atoms with Gasteiger partial charge in [-0.1, -0.05) is 0 Å². The Morgan fingerprint density at radius 2 is 1.29 bits per heavy atom. The summed E-state index contributed by atoms with van der Waals surface area (Å²) in [5.41, 5.74) is 4.12. The van der Waals surface area contributed by atoms with Crippen LogP contribution in [0.2, 0.25) is 0 Å². The SMILES string of the molecule is Cl.NCc1c(F)c(F)c(Br)c(F)c1F. The van der Waals surface area contributed by atoms with E-state index in [0.29, 0.717) is 0 Å². The lowest BCUT2D eigenvalue weighted by atomic mass is 10.2. The van der Waals surface area contributed by atoms with Crippen LogP contribution in [-0.2, 0) is 6.54 Å². The van der Waals surface area contributed by atoms with Gasteiger partial charge in [0.2, 0.25) is 0 Å². The summed E-state index contributed by atoms with van der Waals surface area (Å²) in [5.74, 6) is -5.87. The summed E-state index contributed by atoms with van der Waals surface area (Å²) in [5, 5.41) is 0. The van der Waals surface area contributed by atoms with Crippen LogP contribution in [0.15, 0.2) is 4.47 Å². The third kappa shape index (κ3) is 2.02. The Labute approximate surface area is 91.8 Å². The van der Waals surface area contributed by atoms with Crippen LogP contribution < -0.4 is 5.73 Å². The van der Waals surface area contributed by atoms with Crippen molar-refractivity contribution in [2.45, 2.75) is 6.54 Å². The Morgan fingerprint density at radius 3 is 1.57 bits per heavy atom. The molecule has 0 atom stereocenters. The molecule has 0 spiro atoms. The lowest BCUT2D eigenvalue weighted by Crippen LogP contribution is -2.08. The van der Waals surface area contributed by atoms with Gasteiger partial charge in [0.25, 0.3) is 0 Å². The van der Waals surface area contributed by atoms with Crippen molar-refractivity contribution in [1.82, 2.24) is 0 Å². The van der Waals surface area contributed by atoms with Crippen molar-refractivity contribution in [3.8, 4) is 0 Å². The monoisotopic (exact) mass is 293 g/mol. The number of rotatable bonds is 1. The zero-order valence-corrected chi connectivity index (χ0v) is 8.99. The number of halogens is 6. The highest BCUT2D eigenvalue weighted by atomic mass is 79.9. The van der Waals surface area contributed by atoms with E-state index in [4.69, 9.17) is 5.73 Å². The summed E-state index contributed by atoms with van der Waals surface area (Å²) in [6, 6.07) is 0. The predicted octanol–water partition coefficient (Wildman–Crippen LogP) is 2.89. The molecule has 0 bridgehead atoms. The highest BCUT2D eigenvalue weighted by Crippen LogP contribution is 2.27. The first-order valence-electron chi connectivity index (χ1n) is 3.21. The maximum atomic E-state index is 12.8. The van der Waals surface area contributed by atoms with Gasteiger partial charge >= 0.3 is 0 Å². The van der Waals surface area contributed by atoms with Crippen LogP contribution in [0.1, 0.15) is 5.56 Å². The largest absolute Gasteiger partial charge is 0.326 e. The minimum atomic E-state index is -1.47. The second kappa shape index (κ2) is 4.95. The molecule has 80 valence electrons. The highest BCUT2D eigenvalue weighted by molar-refractivity contribution is 9.10. The summed E-state index contributed by atoms with van der Waals surface area (Å²) >= 11 is 2.37. The first-order chi connectivity index (χ1) is 6.00. The zero-order valence-electron chi connectivity index (χ0n) is 6.58. The van der Waals surface area contributed by atoms with Crippen molar-refractivity contribution in [3.05, 3.63) is 33.3 Å². The van der Waals surface area contributed by atoms with E-state index in [1.54, 1.807) is 0 Å². The fourth-order valence-corrected chi connectivity index (χ4v) is 1.18. The molecule has 0 saturated heterocycles. The smallest absolute Gasteiger partial charge is 0.176 e. The number of benzene rings is 1. The van der Waals surface area contributed by atoms with Gasteiger partial charge < -0.3 is 5.73 Å². The lowest BCUT2D eigenvalue weighted by molar-refractivity contribution is 0.432. The second-order valence-electron chi connectivity index (χ2n) is 2.25. The van der Waals surface area contributed by atoms with Crippen molar-refractivity contribution in [3.63, 3.8) is 0 Å². The molecule has 0 aliphatic heterocycles. The third-order valence-corrected chi connectivity index (χ3v) is 2.20. The van der Waals surface area contributed by atoms with E-state index < -0.39 is 39.8 Å². The van der Waals surface area contributed by atoms with Crippen LogP contribution in [0.5, 0.6) is 0 Å². The van der Waals surface area contributed by atoms with Crippen molar-refractivity contribution in [2.75, 3.05) is 0 Å². The van der Waals surface area contributed by atoms with Gasteiger partial charge in [-0.25, -0.2) is 17.6 Å². The van der Waals surface area contributed by atoms with E-state index in [2.05, 4.69) is 15.9 Å². The van der Waals surface area contributed by atoms with Gasteiger partial charge in [0.15, 0.2) is 23.3 Å². The molecule has 0 heterocycles. The van der Waals surface area contributed by atoms with Gasteiger partial charge in [-0.15, -0.1) is 12.4 Å². The summed E-state index contributed by atoms with van der Waals surface area (Å²) in [6.07, 6.45) is 0. The number of hydrogen-bond donors (Lipinski definition) is 1. The minimum Gasteiger partial charge on any atom is -0.326 e.